The Hall–Kier alpha value is 0.0400. The van der Waals surface area contributed by atoms with Gasteiger partial charge in [-0.05, 0) is 43.5 Å². The number of thioether (sulfide) groups is 1. The van der Waals surface area contributed by atoms with Crippen LogP contribution >= 0.6 is 24.0 Å². The third kappa shape index (κ3) is 10.1. The van der Waals surface area contributed by atoms with Crippen LogP contribution in [0.5, 0.6) is 0 Å². The van der Waals surface area contributed by atoms with Crippen molar-refractivity contribution in [3.05, 3.63) is 0 Å². The minimum absolute atomic E-state index is 0.803. The third-order valence-corrected chi connectivity index (χ3v) is 2.83. The van der Waals surface area contributed by atoms with E-state index in [1.807, 2.05) is 11.8 Å². The zero-order valence-electron chi connectivity index (χ0n) is 9.27. The van der Waals surface area contributed by atoms with Gasteiger partial charge in [0.05, 0.1) is 0 Å². The third-order valence-electron chi connectivity index (χ3n) is 1.85. The molecule has 0 saturated heterocycles. The summed E-state index contributed by atoms with van der Waals surface area (Å²) in [6.45, 7) is 4.11. The van der Waals surface area contributed by atoms with Crippen LogP contribution in [0, 0.1) is 0 Å². The molecule has 2 nitrogen and oxygen atoms in total. The number of nitrogens with one attached hydrogen (secondary N) is 2. The van der Waals surface area contributed by atoms with Crippen LogP contribution in [0.3, 0.4) is 0 Å². The van der Waals surface area contributed by atoms with Gasteiger partial charge in [-0.2, -0.15) is 11.8 Å². The van der Waals surface area contributed by atoms with Crippen LogP contribution < -0.4 is 10.6 Å². The lowest BCUT2D eigenvalue weighted by Crippen LogP contribution is -2.36. The molecule has 0 spiro atoms. The van der Waals surface area contributed by atoms with Gasteiger partial charge in [-0.25, -0.2) is 0 Å². The Balaban J connectivity index is 3.07. The Kier molecular flexibility index (Phi) is 11.1. The number of rotatable bonds is 8. The molecule has 0 aliphatic rings. The molecule has 0 aromatic rings. The Morgan fingerprint density at radius 2 is 1.86 bits per heavy atom. The average molecular weight is 234 g/mol. The molecule has 0 atom stereocenters. The Labute approximate surface area is 97.6 Å². The highest BCUT2D eigenvalue weighted by atomic mass is 32.2. The summed E-state index contributed by atoms with van der Waals surface area (Å²) in [5.41, 5.74) is 0. The molecule has 0 heterocycles. The van der Waals surface area contributed by atoms with Crippen molar-refractivity contribution >= 4 is 29.1 Å². The fourth-order valence-corrected chi connectivity index (χ4v) is 1.75. The predicted octanol–water partition coefficient (Wildman–Crippen LogP) is 2.39. The molecule has 0 unspecified atom stereocenters. The smallest absolute Gasteiger partial charge is 0.166 e. The molecule has 0 amide bonds. The standard InChI is InChI=1S/C10H22N2S2/c1-3-7-11-10(13)12-8-5-4-6-9-14-2/h3-9H2,1-2H3,(H2,11,12,13). The van der Waals surface area contributed by atoms with Crippen LogP contribution in [0.15, 0.2) is 0 Å². The summed E-state index contributed by atoms with van der Waals surface area (Å²) in [6.07, 6.45) is 7.11. The van der Waals surface area contributed by atoms with E-state index >= 15 is 0 Å². The lowest BCUT2D eigenvalue weighted by molar-refractivity contribution is 0.690. The maximum Gasteiger partial charge on any atom is 0.166 e. The molecule has 0 rings (SSSR count). The average Bonchev–Trinajstić information content (AvgIpc) is 2.20. The maximum absolute atomic E-state index is 5.09. The van der Waals surface area contributed by atoms with Crippen molar-refractivity contribution in [1.29, 1.82) is 0 Å². The molecule has 0 aliphatic carbocycles. The van der Waals surface area contributed by atoms with Crippen LogP contribution in [-0.4, -0.2) is 30.2 Å². The highest BCUT2D eigenvalue weighted by molar-refractivity contribution is 7.98. The topological polar surface area (TPSA) is 24.1 Å². The van der Waals surface area contributed by atoms with Gasteiger partial charge in [0.15, 0.2) is 5.11 Å². The summed E-state index contributed by atoms with van der Waals surface area (Å²) in [5, 5.41) is 7.16. The molecule has 0 bridgehead atoms. The molecule has 0 saturated carbocycles. The molecule has 4 heteroatoms. The largest absolute Gasteiger partial charge is 0.363 e. The second-order valence-electron chi connectivity index (χ2n) is 3.24. The first-order chi connectivity index (χ1) is 6.81. The van der Waals surface area contributed by atoms with E-state index in [1.54, 1.807) is 0 Å². The summed E-state index contributed by atoms with van der Waals surface area (Å²) in [5.74, 6) is 1.28. The summed E-state index contributed by atoms with van der Waals surface area (Å²) in [4.78, 5) is 0. The van der Waals surface area contributed by atoms with Gasteiger partial charge >= 0.3 is 0 Å². The van der Waals surface area contributed by atoms with E-state index in [0.29, 0.717) is 0 Å². The van der Waals surface area contributed by atoms with E-state index < -0.39 is 0 Å². The molecule has 0 aromatic carbocycles. The van der Waals surface area contributed by atoms with Gasteiger partial charge in [0.2, 0.25) is 0 Å². The van der Waals surface area contributed by atoms with Crippen molar-refractivity contribution in [2.75, 3.05) is 25.1 Å². The van der Waals surface area contributed by atoms with Gasteiger partial charge in [0.25, 0.3) is 0 Å². The van der Waals surface area contributed by atoms with E-state index in [2.05, 4.69) is 23.8 Å². The van der Waals surface area contributed by atoms with Crippen LogP contribution in [0.25, 0.3) is 0 Å². The second-order valence-corrected chi connectivity index (χ2v) is 4.63. The van der Waals surface area contributed by atoms with E-state index in [1.165, 1.54) is 25.0 Å². The summed E-state index contributed by atoms with van der Waals surface area (Å²) in [6, 6.07) is 0. The van der Waals surface area contributed by atoms with Gasteiger partial charge in [0.1, 0.15) is 0 Å². The van der Waals surface area contributed by atoms with Crippen molar-refractivity contribution in [3.8, 4) is 0 Å². The zero-order valence-corrected chi connectivity index (χ0v) is 10.9. The van der Waals surface area contributed by atoms with Crippen molar-refractivity contribution < 1.29 is 0 Å². The van der Waals surface area contributed by atoms with Crippen LogP contribution in [0.4, 0.5) is 0 Å². The molecule has 0 radical (unpaired) electrons. The molecule has 0 aliphatic heterocycles. The molecule has 14 heavy (non-hydrogen) atoms. The van der Waals surface area contributed by atoms with Gasteiger partial charge in [-0.15, -0.1) is 0 Å². The number of hydrogen-bond donors (Lipinski definition) is 2. The fourth-order valence-electron chi connectivity index (χ4n) is 1.05. The molecular weight excluding hydrogens is 212 g/mol. The van der Waals surface area contributed by atoms with E-state index in [0.717, 1.165) is 24.6 Å². The second kappa shape index (κ2) is 11.1. The normalized spacial score (nSPS) is 9.86. The Morgan fingerprint density at radius 1 is 1.14 bits per heavy atom. The Morgan fingerprint density at radius 3 is 2.50 bits per heavy atom. The van der Waals surface area contributed by atoms with E-state index in [4.69, 9.17) is 12.2 Å². The molecule has 0 fully saturated rings. The summed E-state index contributed by atoms with van der Waals surface area (Å²) >= 11 is 7.01. The fraction of sp³-hybridized carbons (Fsp3) is 0.900. The minimum Gasteiger partial charge on any atom is -0.363 e. The zero-order chi connectivity index (χ0) is 10.6. The monoisotopic (exact) mass is 234 g/mol. The van der Waals surface area contributed by atoms with Crippen LogP contribution in [-0.2, 0) is 0 Å². The first-order valence-electron chi connectivity index (χ1n) is 5.32. The molecular formula is C10H22N2S2. The molecule has 2 N–H and O–H groups in total. The van der Waals surface area contributed by atoms with Crippen molar-refractivity contribution in [2.24, 2.45) is 0 Å². The van der Waals surface area contributed by atoms with Crippen LogP contribution in [0.2, 0.25) is 0 Å². The van der Waals surface area contributed by atoms with E-state index in [-0.39, 0.29) is 0 Å². The first-order valence-corrected chi connectivity index (χ1v) is 7.12. The Bertz CT molecular complexity index is 140. The number of unbranched alkanes of at least 4 members (excludes halogenated alkanes) is 2. The summed E-state index contributed by atoms with van der Waals surface area (Å²) < 4.78 is 0. The number of hydrogen-bond acceptors (Lipinski definition) is 2. The molecule has 84 valence electrons. The highest BCUT2D eigenvalue weighted by Crippen LogP contribution is 2.00. The van der Waals surface area contributed by atoms with Crippen LogP contribution in [0.1, 0.15) is 32.6 Å². The number of thiocarbonyl (C=S) groups is 1. The van der Waals surface area contributed by atoms with Gasteiger partial charge in [-0.3, -0.25) is 0 Å². The highest BCUT2D eigenvalue weighted by Gasteiger charge is 1.93. The van der Waals surface area contributed by atoms with E-state index in [9.17, 15) is 0 Å². The van der Waals surface area contributed by atoms with Crippen molar-refractivity contribution in [2.45, 2.75) is 32.6 Å². The minimum atomic E-state index is 0.803. The maximum atomic E-state index is 5.09. The predicted molar refractivity (Wildman–Crippen MR) is 71.1 cm³/mol. The molecule has 0 aromatic heterocycles. The first kappa shape index (κ1) is 14.0. The van der Waals surface area contributed by atoms with Gasteiger partial charge in [0, 0.05) is 13.1 Å². The quantitative estimate of drug-likeness (QED) is 0.497. The lowest BCUT2D eigenvalue weighted by Gasteiger charge is -2.08. The van der Waals surface area contributed by atoms with Gasteiger partial charge in [-0.1, -0.05) is 13.3 Å². The summed E-state index contributed by atoms with van der Waals surface area (Å²) in [7, 11) is 0. The van der Waals surface area contributed by atoms with Crippen molar-refractivity contribution in [1.82, 2.24) is 10.6 Å². The van der Waals surface area contributed by atoms with Gasteiger partial charge < -0.3 is 10.6 Å². The van der Waals surface area contributed by atoms with Crippen molar-refractivity contribution in [3.63, 3.8) is 0 Å². The SMILES string of the molecule is CCCNC(=S)NCCCCCSC. The lowest BCUT2D eigenvalue weighted by atomic mass is 10.2.